The first-order valence-electron chi connectivity index (χ1n) is 5.11. The van der Waals surface area contributed by atoms with Gasteiger partial charge in [0.1, 0.15) is 5.82 Å². The van der Waals surface area contributed by atoms with Crippen LogP contribution in [0.1, 0.15) is 31.4 Å². The van der Waals surface area contributed by atoms with Crippen LogP contribution in [0.2, 0.25) is 0 Å². The maximum Gasteiger partial charge on any atom is 0.126 e. The summed E-state index contributed by atoms with van der Waals surface area (Å²) in [6.07, 6.45) is 0.863. The normalized spacial score (nSPS) is 27.1. The maximum absolute atomic E-state index is 13.1. The van der Waals surface area contributed by atoms with Gasteiger partial charge in [-0.3, -0.25) is 0 Å². The molecule has 1 fully saturated rings. The highest BCUT2D eigenvalue weighted by Gasteiger charge is 2.63. The molecule has 15 heavy (non-hydrogen) atoms. The van der Waals surface area contributed by atoms with Gasteiger partial charge in [-0.25, -0.2) is 4.39 Å². The summed E-state index contributed by atoms with van der Waals surface area (Å²) in [7, 11) is 0. The van der Waals surface area contributed by atoms with Crippen LogP contribution in [0.3, 0.4) is 0 Å². The average molecular weight is 203 g/mol. The summed E-state index contributed by atoms with van der Waals surface area (Å²) in [6, 6.07) is 7.38. The number of hydrogen-bond acceptors (Lipinski definition) is 1. The molecule has 1 aliphatic rings. The van der Waals surface area contributed by atoms with Gasteiger partial charge in [-0.15, -0.1) is 0 Å². The molecule has 0 aliphatic heterocycles. The summed E-state index contributed by atoms with van der Waals surface area (Å²) in [4.78, 5) is 0. The van der Waals surface area contributed by atoms with E-state index in [1.165, 1.54) is 6.07 Å². The van der Waals surface area contributed by atoms with E-state index in [-0.39, 0.29) is 11.2 Å². The zero-order valence-electron chi connectivity index (χ0n) is 9.26. The number of nitrogens with zero attached hydrogens (tertiary/aromatic N) is 1. The van der Waals surface area contributed by atoms with Crippen LogP contribution in [0.5, 0.6) is 0 Å². The minimum Gasteiger partial charge on any atom is -0.207 e. The number of hydrogen-bond donors (Lipinski definition) is 0. The van der Waals surface area contributed by atoms with E-state index in [2.05, 4.69) is 19.9 Å². The Morgan fingerprint density at radius 2 is 2.00 bits per heavy atom. The Morgan fingerprint density at radius 3 is 2.40 bits per heavy atom. The highest BCUT2D eigenvalue weighted by atomic mass is 19.1. The van der Waals surface area contributed by atoms with Crippen LogP contribution in [0.25, 0.3) is 0 Å². The van der Waals surface area contributed by atoms with Crippen LogP contribution >= 0.6 is 0 Å². The SMILES string of the molecule is Cc1cc(C2(C#N)CC2(C)C)ccc1F. The molecule has 1 atom stereocenters. The lowest BCUT2D eigenvalue weighted by Crippen LogP contribution is -2.12. The molecule has 1 aromatic rings. The lowest BCUT2D eigenvalue weighted by Gasteiger charge is -2.13. The van der Waals surface area contributed by atoms with Crippen molar-refractivity contribution in [3.63, 3.8) is 0 Å². The summed E-state index contributed by atoms with van der Waals surface area (Å²) < 4.78 is 13.1. The fraction of sp³-hybridized carbons (Fsp3) is 0.462. The highest BCUT2D eigenvalue weighted by Crippen LogP contribution is 2.63. The third-order valence-electron chi connectivity index (χ3n) is 3.58. The molecule has 1 saturated carbocycles. The summed E-state index contributed by atoms with van der Waals surface area (Å²) in [5.74, 6) is -0.203. The second-order valence-corrected chi connectivity index (χ2v) is 5.04. The predicted octanol–water partition coefficient (Wildman–Crippen LogP) is 3.33. The molecule has 2 rings (SSSR count). The number of aryl methyl sites for hydroxylation is 1. The van der Waals surface area contributed by atoms with Gasteiger partial charge in [0.05, 0.1) is 11.5 Å². The van der Waals surface area contributed by atoms with Crippen molar-refractivity contribution in [3.05, 3.63) is 35.1 Å². The minimum atomic E-state index is -0.397. The molecule has 0 saturated heterocycles. The van der Waals surface area contributed by atoms with Gasteiger partial charge < -0.3 is 0 Å². The first-order valence-corrected chi connectivity index (χ1v) is 5.11. The molecule has 0 N–H and O–H groups in total. The zero-order chi connectivity index (χ0) is 11.3. The summed E-state index contributed by atoms with van der Waals surface area (Å²) in [6.45, 7) is 5.89. The van der Waals surface area contributed by atoms with E-state index in [0.29, 0.717) is 5.56 Å². The van der Waals surface area contributed by atoms with E-state index in [0.717, 1.165) is 12.0 Å². The molecule has 78 valence electrons. The van der Waals surface area contributed by atoms with Crippen LogP contribution in [0.15, 0.2) is 18.2 Å². The van der Waals surface area contributed by atoms with Gasteiger partial charge in [-0.2, -0.15) is 5.26 Å². The van der Waals surface area contributed by atoms with Crippen LogP contribution in [-0.2, 0) is 5.41 Å². The van der Waals surface area contributed by atoms with Gasteiger partial charge in [0.25, 0.3) is 0 Å². The molecular weight excluding hydrogens is 189 g/mol. The van der Waals surface area contributed by atoms with E-state index in [4.69, 9.17) is 0 Å². The Hall–Kier alpha value is -1.36. The second kappa shape index (κ2) is 2.82. The Balaban J connectivity index is 2.48. The van der Waals surface area contributed by atoms with E-state index in [1.807, 2.05) is 0 Å². The Labute approximate surface area is 89.5 Å². The Kier molecular flexibility index (Phi) is 1.91. The Bertz CT molecular complexity index is 456. The Morgan fingerprint density at radius 1 is 1.40 bits per heavy atom. The molecule has 0 bridgehead atoms. The van der Waals surface area contributed by atoms with Crippen LogP contribution in [-0.4, -0.2) is 0 Å². The van der Waals surface area contributed by atoms with Crippen molar-refractivity contribution in [2.24, 2.45) is 5.41 Å². The third-order valence-corrected chi connectivity index (χ3v) is 3.58. The standard InChI is InChI=1S/C13H14FN/c1-9-6-10(4-5-11(9)14)13(8-15)7-12(13,2)3/h4-6H,7H2,1-3H3. The number of rotatable bonds is 1. The topological polar surface area (TPSA) is 23.8 Å². The smallest absolute Gasteiger partial charge is 0.126 e. The van der Waals surface area contributed by atoms with Crippen molar-refractivity contribution in [2.45, 2.75) is 32.6 Å². The largest absolute Gasteiger partial charge is 0.207 e. The van der Waals surface area contributed by atoms with Crippen molar-refractivity contribution < 1.29 is 4.39 Å². The summed E-state index contributed by atoms with van der Waals surface area (Å²) in [5.41, 5.74) is 1.19. The lowest BCUT2D eigenvalue weighted by molar-refractivity contribution is 0.566. The number of benzene rings is 1. The summed E-state index contributed by atoms with van der Waals surface area (Å²) >= 11 is 0. The first-order chi connectivity index (χ1) is 6.93. The molecule has 0 aromatic heterocycles. The molecule has 1 unspecified atom stereocenters. The van der Waals surface area contributed by atoms with Crippen molar-refractivity contribution in [1.82, 2.24) is 0 Å². The lowest BCUT2D eigenvalue weighted by atomic mass is 9.88. The molecular formula is C13H14FN. The third kappa shape index (κ3) is 1.26. The molecule has 1 aliphatic carbocycles. The molecule has 0 amide bonds. The van der Waals surface area contributed by atoms with E-state index < -0.39 is 5.41 Å². The van der Waals surface area contributed by atoms with E-state index in [1.54, 1.807) is 19.1 Å². The van der Waals surface area contributed by atoms with Gasteiger partial charge in [-0.05, 0) is 36.0 Å². The van der Waals surface area contributed by atoms with E-state index in [9.17, 15) is 9.65 Å². The van der Waals surface area contributed by atoms with Crippen LogP contribution in [0.4, 0.5) is 4.39 Å². The second-order valence-electron chi connectivity index (χ2n) is 5.04. The fourth-order valence-corrected chi connectivity index (χ4v) is 2.28. The average Bonchev–Trinajstić information content (AvgIpc) is 2.75. The molecule has 1 nitrogen and oxygen atoms in total. The highest BCUT2D eigenvalue weighted by molar-refractivity contribution is 5.45. The van der Waals surface area contributed by atoms with Crippen LogP contribution < -0.4 is 0 Å². The monoisotopic (exact) mass is 203 g/mol. The van der Waals surface area contributed by atoms with Gasteiger partial charge in [0.2, 0.25) is 0 Å². The first kappa shape index (κ1) is 10.2. The van der Waals surface area contributed by atoms with Crippen molar-refractivity contribution >= 4 is 0 Å². The van der Waals surface area contributed by atoms with Gasteiger partial charge in [-0.1, -0.05) is 26.0 Å². The molecule has 0 spiro atoms. The fourth-order valence-electron chi connectivity index (χ4n) is 2.28. The molecule has 0 radical (unpaired) electrons. The van der Waals surface area contributed by atoms with Crippen molar-refractivity contribution in [2.75, 3.05) is 0 Å². The zero-order valence-corrected chi connectivity index (χ0v) is 9.26. The van der Waals surface area contributed by atoms with Gasteiger partial charge in [0, 0.05) is 0 Å². The quantitative estimate of drug-likeness (QED) is 0.686. The van der Waals surface area contributed by atoms with Crippen LogP contribution in [0, 0.1) is 29.5 Å². The number of halogens is 1. The molecule has 2 heteroatoms. The minimum absolute atomic E-state index is 0.0199. The van der Waals surface area contributed by atoms with E-state index >= 15 is 0 Å². The van der Waals surface area contributed by atoms with Gasteiger partial charge >= 0.3 is 0 Å². The van der Waals surface area contributed by atoms with Crippen molar-refractivity contribution in [3.8, 4) is 6.07 Å². The van der Waals surface area contributed by atoms with Crippen molar-refractivity contribution in [1.29, 1.82) is 5.26 Å². The molecule has 0 heterocycles. The predicted molar refractivity (Wildman–Crippen MR) is 56.8 cm³/mol. The summed E-state index contributed by atoms with van der Waals surface area (Å²) in [5, 5.41) is 9.26. The van der Waals surface area contributed by atoms with Gasteiger partial charge in [0.15, 0.2) is 0 Å². The molecule has 1 aromatic carbocycles. The number of nitriles is 1. The maximum atomic E-state index is 13.1.